The van der Waals surface area contributed by atoms with Crippen LogP contribution in [-0.2, 0) is 20.2 Å². The van der Waals surface area contributed by atoms with Crippen molar-refractivity contribution in [1.29, 1.82) is 0 Å². The number of amides is 1. The highest BCUT2D eigenvalue weighted by molar-refractivity contribution is 7.92. The monoisotopic (exact) mass is 500 g/mol. The summed E-state index contributed by atoms with van der Waals surface area (Å²) in [6.07, 6.45) is 0. The van der Waals surface area contributed by atoms with E-state index in [1.165, 1.54) is 0 Å². The minimum atomic E-state index is -3.73. The highest BCUT2D eigenvalue weighted by atomic mass is 32.2. The van der Waals surface area contributed by atoms with Gasteiger partial charge in [-0.3, -0.25) is 14.6 Å². The van der Waals surface area contributed by atoms with Gasteiger partial charge in [-0.2, -0.15) is 5.10 Å². The molecule has 6 rings (SSSR count). The summed E-state index contributed by atoms with van der Waals surface area (Å²) in [5, 5.41) is 8.16. The lowest BCUT2D eigenvalue weighted by Gasteiger charge is -2.18. The van der Waals surface area contributed by atoms with Crippen LogP contribution < -0.4 is 9.62 Å². The summed E-state index contributed by atoms with van der Waals surface area (Å²) in [5.74, 6) is 0.631. The van der Waals surface area contributed by atoms with Crippen LogP contribution in [0.25, 0.3) is 33.5 Å². The van der Waals surface area contributed by atoms with Gasteiger partial charge in [0, 0.05) is 17.6 Å². The van der Waals surface area contributed by atoms with Crippen molar-refractivity contribution in [2.24, 2.45) is 0 Å². The molecule has 3 N–H and O–H groups in total. The molecule has 0 saturated carbocycles. The minimum absolute atomic E-state index is 0.0802. The molecule has 0 aliphatic carbocycles. The molecule has 5 aromatic rings. The number of hydrogen-bond acceptors (Lipinski definition) is 5. The summed E-state index contributed by atoms with van der Waals surface area (Å²) in [6.45, 7) is 6.42. The number of nitrogens with one attached hydrogen (secondary N) is 3. The Hall–Kier alpha value is -4.18. The average molecular weight is 501 g/mol. The Morgan fingerprint density at radius 1 is 1.03 bits per heavy atom. The van der Waals surface area contributed by atoms with Gasteiger partial charge in [-0.25, -0.2) is 13.4 Å². The third-order valence-corrected chi connectivity index (χ3v) is 8.15. The Bertz CT molecular complexity index is 1770. The van der Waals surface area contributed by atoms with Gasteiger partial charge >= 0.3 is 0 Å². The quantitative estimate of drug-likeness (QED) is 0.327. The summed E-state index contributed by atoms with van der Waals surface area (Å²) in [5.41, 5.74) is 4.50. The highest BCUT2D eigenvalue weighted by Gasteiger charge is 2.43. The SMILES string of the molecule is CCN1C(=O)C(C)(C)c2cc3[nH]c(-c4n[nH]c5ccc(NS(=O)(=O)c6ccccc6)cc45)nc3cc21. The van der Waals surface area contributed by atoms with Gasteiger partial charge in [-0.1, -0.05) is 18.2 Å². The van der Waals surface area contributed by atoms with E-state index < -0.39 is 15.4 Å². The molecule has 1 aliphatic rings. The number of likely N-dealkylation sites (N-methyl/N-ethyl adjacent to an activating group) is 1. The van der Waals surface area contributed by atoms with Crippen LogP contribution >= 0.6 is 0 Å². The lowest BCUT2D eigenvalue weighted by atomic mass is 9.86. The number of imidazole rings is 1. The molecule has 3 aromatic carbocycles. The van der Waals surface area contributed by atoms with Crippen molar-refractivity contribution < 1.29 is 13.2 Å². The zero-order valence-electron chi connectivity index (χ0n) is 20.0. The summed E-state index contributed by atoms with van der Waals surface area (Å²) in [4.78, 5) is 22.9. The van der Waals surface area contributed by atoms with Gasteiger partial charge in [0.1, 0.15) is 5.69 Å². The third-order valence-electron chi connectivity index (χ3n) is 6.75. The van der Waals surface area contributed by atoms with Crippen LogP contribution in [0, 0.1) is 0 Å². The van der Waals surface area contributed by atoms with E-state index in [9.17, 15) is 13.2 Å². The lowest BCUT2D eigenvalue weighted by molar-refractivity contribution is -0.122. The first-order valence-electron chi connectivity index (χ1n) is 11.6. The second-order valence-corrected chi connectivity index (χ2v) is 11.1. The van der Waals surface area contributed by atoms with E-state index in [-0.39, 0.29) is 10.8 Å². The predicted molar refractivity (Wildman–Crippen MR) is 139 cm³/mol. The van der Waals surface area contributed by atoms with Crippen molar-refractivity contribution in [3.8, 4) is 11.5 Å². The van der Waals surface area contributed by atoms with E-state index in [0.29, 0.717) is 23.8 Å². The number of anilines is 2. The van der Waals surface area contributed by atoms with Crippen molar-refractivity contribution >= 4 is 49.2 Å². The number of nitrogens with zero attached hydrogens (tertiary/aromatic N) is 3. The normalized spacial score (nSPS) is 15.1. The van der Waals surface area contributed by atoms with Gasteiger partial charge in [0.15, 0.2) is 5.82 Å². The molecule has 9 nitrogen and oxygen atoms in total. The topological polar surface area (TPSA) is 124 Å². The van der Waals surface area contributed by atoms with E-state index in [1.54, 1.807) is 53.4 Å². The van der Waals surface area contributed by atoms with E-state index in [2.05, 4.69) is 19.9 Å². The molecule has 10 heteroatoms. The molecule has 2 aromatic heterocycles. The first-order valence-corrected chi connectivity index (χ1v) is 13.1. The van der Waals surface area contributed by atoms with Crippen LogP contribution in [0.4, 0.5) is 11.4 Å². The average Bonchev–Trinajstić information content (AvgIpc) is 3.51. The number of hydrogen-bond donors (Lipinski definition) is 3. The van der Waals surface area contributed by atoms with Gasteiger partial charge in [0.2, 0.25) is 5.91 Å². The number of H-pyrrole nitrogens is 2. The minimum Gasteiger partial charge on any atom is -0.337 e. The van der Waals surface area contributed by atoms with E-state index >= 15 is 0 Å². The van der Waals surface area contributed by atoms with Crippen LogP contribution in [0.3, 0.4) is 0 Å². The Labute approximate surface area is 207 Å². The van der Waals surface area contributed by atoms with Crippen molar-refractivity contribution in [2.45, 2.75) is 31.1 Å². The smallest absolute Gasteiger partial charge is 0.261 e. The Balaban J connectivity index is 1.41. The maximum Gasteiger partial charge on any atom is 0.261 e. The largest absolute Gasteiger partial charge is 0.337 e. The molecule has 36 heavy (non-hydrogen) atoms. The van der Waals surface area contributed by atoms with Gasteiger partial charge in [-0.15, -0.1) is 0 Å². The highest BCUT2D eigenvalue weighted by Crippen LogP contribution is 2.43. The molecule has 0 fully saturated rings. The van der Waals surface area contributed by atoms with E-state index in [4.69, 9.17) is 4.98 Å². The number of carbonyl (C=O) groups excluding carboxylic acids is 1. The fourth-order valence-electron chi connectivity index (χ4n) is 4.83. The summed E-state index contributed by atoms with van der Waals surface area (Å²) in [7, 11) is -3.73. The molecular formula is C26H24N6O3S. The molecule has 0 radical (unpaired) electrons. The molecule has 1 aliphatic heterocycles. The number of aromatic nitrogens is 4. The number of aromatic amines is 2. The molecule has 0 bridgehead atoms. The molecular weight excluding hydrogens is 476 g/mol. The standard InChI is InChI=1S/C26H24N6O3S/c1-4-32-22-14-21-20(13-18(22)26(2,3)25(32)33)27-24(28-21)23-17-12-15(10-11-19(17)29-30-23)31-36(34,35)16-8-6-5-7-9-16/h5-14,31H,4H2,1-3H3,(H,27,28)(H,29,30). The summed E-state index contributed by atoms with van der Waals surface area (Å²) >= 11 is 0. The number of fused-ring (bicyclic) bond motifs is 3. The van der Waals surface area contributed by atoms with E-state index in [1.807, 2.05) is 32.9 Å². The van der Waals surface area contributed by atoms with Gasteiger partial charge < -0.3 is 9.88 Å². The molecule has 1 amide bonds. The second kappa shape index (κ2) is 7.66. The molecule has 0 spiro atoms. The fourth-order valence-corrected chi connectivity index (χ4v) is 5.90. The molecule has 0 saturated heterocycles. The number of benzene rings is 3. The van der Waals surface area contributed by atoms with Crippen LogP contribution in [-0.4, -0.2) is 41.0 Å². The Morgan fingerprint density at radius 3 is 2.56 bits per heavy atom. The van der Waals surface area contributed by atoms with Gasteiger partial charge in [0.05, 0.1) is 32.5 Å². The van der Waals surface area contributed by atoms with Gasteiger partial charge in [0.25, 0.3) is 10.0 Å². The number of carbonyl (C=O) groups is 1. The zero-order chi connectivity index (χ0) is 25.2. The van der Waals surface area contributed by atoms with Crippen LogP contribution in [0.15, 0.2) is 65.6 Å². The maximum atomic E-state index is 12.9. The van der Waals surface area contributed by atoms with Crippen LogP contribution in [0.5, 0.6) is 0 Å². The van der Waals surface area contributed by atoms with Crippen molar-refractivity contribution in [3.63, 3.8) is 0 Å². The number of sulfonamides is 1. The predicted octanol–water partition coefficient (Wildman–Crippen LogP) is 4.55. The van der Waals surface area contributed by atoms with Crippen molar-refractivity contribution in [2.75, 3.05) is 16.2 Å². The molecule has 3 heterocycles. The summed E-state index contributed by atoms with van der Waals surface area (Å²) < 4.78 is 28.2. The van der Waals surface area contributed by atoms with Gasteiger partial charge in [-0.05, 0) is 68.8 Å². The molecule has 0 unspecified atom stereocenters. The maximum absolute atomic E-state index is 12.9. The third kappa shape index (κ3) is 3.29. The number of rotatable bonds is 5. The first-order chi connectivity index (χ1) is 17.2. The Kier molecular flexibility index (Phi) is 4.74. The van der Waals surface area contributed by atoms with Crippen LogP contribution in [0.1, 0.15) is 26.3 Å². The molecule has 182 valence electrons. The molecule has 0 atom stereocenters. The Morgan fingerprint density at radius 2 is 1.81 bits per heavy atom. The summed E-state index contributed by atoms with van der Waals surface area (Å²) in [6, 6.07) is 17.4. The lowest BCUT2D eigenvalue weighted by Crippen LogP contribution is -2.35. The zero-order valence-corrected chi connectivity index (χ0v) is 20.8. The first kappa shape index (κ1) is 22.3. The van der Waals surface area contributed by atoms with Crippen molar-refractivity contribution in [3.05, 3.63) is 66.2 Å². The second-order valence-electron chi connectivity index (χ2n) is 9.40. The fraction of sp³-hybridized carbons (Fsp3) is 0.192. The van der Waals surface area contributed by atoms with Crippen LogP contribution in [0.2, 0.25) is 0 Å². The van der Waals surface area contributed by atoms with Crippen molar-refractivity contribution in [1.82, 2.24) is 20.2 Å². The van der Waals surface area contributed by atoms with E-state index in [0.717, 1.165) is 33.2 Å².